The number of carbonyl (C=O) groups excluding carboxylic acids is 1. The lowest BCUT2D eigenvalue weighted by atomic mass is 10.1. The van der Waals surface area contributed by atoms with E-state index in [1.807, 2.05) is 0 Å². The second-order valence-corrected chi connectivity index (χ2v) is 4.86. The molecule has 0 unspecified atom stereocenters. The second kappa shape index (κ2) is 7.64. The lowest BCUT2D eigenvalue weighted by molar-refractivity contribution is -0.120. The highest BCUT2D eigenvalue weighted by Crippen LogP contribution is 2.16. The van der Waals surface area contributed by atoms with Crippen LogP contribution in [0.3, 0.4) is 0 Å². The molecule has 0 spiro atoms. The first-order valence-electron chi connectivity index (χ1n) is 6.53. The van der Waals surface area contributed by atoms with Crippen LogP contribution in [0.5, 0.6) is 5.75 Å². The minimum atomic E-state index is -0.372. The summed E-state index contributed by atoms with van der Waals surface area (Å²) in [6, 6.07) is 13.3. The summed E-state index contributed by atoms with van der Waals surface area (Å²) in [6.45, 7) is 0.670. The SMILES string of the molecule is O=C(Cc1ccccc1F)NCCOc1cccc(Cl)c1. The van der Waals surface area contributed by atoms with E-state index in [0.29, 0.717) is 29.5 Å². The number of amides is 1. The Balaban J connectivity index is 1.71. The molecule has 0 bridgehead atoms. The van der Waals surface area contributed by atoms with E-state index in [1.54, 1.807) is 42.5 Å². The number of carbonyl (C=O) groups is 1. The van der Waals surface area contributed by atoms with Crippen molar-refractivity contribution in [1.82, 2.24) is 5.32 Å². The summed E-state index contributed by atoms with van der Waals surface area (Å²) in [5.41, 5.74) is 0.380. The van der Waals surface area contributed by atoms with Gasteiger partial charge in [0.1, 0.15) is 18.2 Å². The maximum absolute atomic E-state index is 13.4. The number of rotatable bonds is 6. The lowest BCUT2D eigenvalue weighted by Gasteiger charge is -2.08. The fourth-order valence-electron chi connectivity index (χ4n) is 1.79. The number of hydrogen-bond acceptors (Lipinski definition) is 2. The van der Waals surface area contributed by atoms with Crippen molar-refractivity contribution in [2.24, 2.45) is 0 Å². The molecule has 0 heterocycles. The molecule has 2 aromatic rings. The molecule has 0 fully saturated rings. The van der Waals surface area contributed by atoms with Crippen molar-refractivity contribution in [1.29, 1.82) is 0 Å². The standard InChI is InChI=1S/C16H15ClFNO2/c17-13-5-3-6-14(11-13)21-9-8-19-16(20)10-12-4-1-2-7-15(12)18/h1-7,11H,8-10H2,(H,19,20). The van der Waals surface area contributed by atoms with Crippen LogP contribution in [0.15, 0.2) is 48.5 Å². The molecule has 0 aliphatic rings. The summed E-state index contributed by atoms with van der Waals surface area (Å²) < 4.78 is 18.8. The monoisotopic (exact) mass is 307 g/mol. The molecule has 2 aromatic carbocycles. The molecule has 21 heavy (non-hydrogen) atoms. The van der Waals surface area contributed by atoms with E-state index in [9.17, 15) is 9.18 Å². The van der Waals surface area contributed by atoms with E-state index in [4.69, 9.17) is 16.3 Å². The zero-order valence-electron chi connectivity index (χ0n) is 11.3. The van der Waals surface area contributed by atoms with Crippen LogP contribution in [0.4, 0.5) is 4.39 Å². The Morgan fingerprint density at radius 2 is 2.00 bits per heavy atom. The third-order valence-corrected chi connectivity index (χ3v) is 3.03. The van der Waals surface area contributed by atoms with Crippen molar-refractivity contribution in [2.75, 3.05) is 13.2 Å². The molecule has 2 rings (SSSR count). The van der Waals surface area contributed by atoms with Crippen molar-refractivity contribution >= 4 is 17.5 Å². The Bertz CT molecular complexity index is 619. The summed E-state index contributed by atoms with van der Waals surface area (Å²) in [4.78, 5) is 11.7. The van der Waals surface area contributed by atoms with Crippen LogP contribution in [0.25, 0.3) is 0 Å². The first-order chi connectivity index (χ1) is 10.1. The first-order valence-corrected chi connectivity index (χ1v) is 6.91. The third kappa shape index (κ3) is 5.08. The third-order valence-electron chi connectivity index (χ3n) is 2.80. The molecule has 0 aliphatic heterocycles. The van der Waals surface area contributed by atoms with Crippen molar-refractivity contribution in [2.45, 2.75) is 6.42 Å². The van der Waals surface area contributed by atoms with Gasteiger partial charge < -0.3 is 10.1 Å². The number of hydrogen-bond donors (Lipinski definition) is 1. The van der Waals surface area contributed by atoms with Crippen LogP contribution in [-0.4, -0.2) is 19.1 Å². The maximum atomic E-state index is 13.4. The zero-order valence-corrected chi connectivity index (χ0v) is 12.1. The summed E-state index contributed by atoms with van der Waals surface area (Å²) in [5.74, 6) is 0.0310. The van der Waals surface area contributed by atoms with E-state index in [1.165, 1.54) is 6.07 Å². The summed E-state index contributed by atoms with van der Waals surface area (Å²) in [7, 11) is 0. The fraction of sp³-hybridized carbons (Fsp3) is 0.188. The Morgan fingerprint density at radius 3 is 2.76 bits per heavy atom. The molecule has 1 amide bonds. The molecule has 0 atom stereocenters. The molecule has 0 aliphatic carbocycles. The molecular formula is C16H15ClFNO2. The van der Waals surface area contributed by atoms with Crippen molar-refractivity contribution in [3.63, 3.8) is 0 Å². The van der Waals surface area contributed by atoms with Gasteiger partial charge in [0.25, 0.3) is 0 Å². The molecule has 0 saturated heterocycles. The Hall–Kier alpha value is -2.07. The smallest absolute Gasteiger partial charge is 0.224 e. The van der Waals surface area contributed by atoms with Crippen LogP contribution >= 0.6 is 11.6 Å². The molecule has 0 saturated carbocycles. The van der Waals surface area contributed by atoms with Crippen LogP contribution in [0.2, 0.25) is 5.02 Å². The van der Waals surface area contributed by atoms with E-state index in [-0.39, 0.29) is 18.1 Å². The average Bonchev–Trinajstić information content (AvgIpc) is 2.46. The predicted molar refractivity (Wildman–Crippen MR) is 80.1 cm³/mol. The minimum absolute atomic E-state index is 0.0177. The van der Waals surface area contributed by atoms with Gasteiger partial charge >= 0.3 is 0 Å². The van der Waals surface area contributed by atoms with Crippen molar-refractivity contribution in [3.8, 4) is 5.75 Å². The van der Waals surface area contributed by atoms with Gasteiger partial charge in [0.05, 0.1) is 13.0 Å². The van der Waals surface area contributed by atoms with Gasteiger partial charge in [-0.1, -0.05) is 35.9 Å². The topological polar surface area (TPSA) is 38.3 Å². The van der Waals surface area contributed by atoms with Crippen LogP contribution in [-0.2, 0) is 11.2 Å². The van der Waals surface area contributed by atoms with Crippen molar-refractivity contribution in [3.05, 3.63) is 64.9 Å². The molecule has 0 radical (unpaired) electrons. The summed E-state index contributed by atoms with van der Waals surface area (Å²) in [6.07, 6.45) is 0.0177. The summed E-state index contributed by atoms with van der Waals surface area (Å²) >= 11 is 5.83. The maximum Gasteiger partial charge on any atom is 0.224 e. The Kier molecular flexibility index (Phi) is 5.58. The first kappa shape index (κ1) is 15.3. The Labute approximate surface area is 127 Å². The second-order valence-electron chi connectivity index (χ2n) is 4.42. The van der Waals surface area contributed by atoms with E-state index in [2.05, 4.69) is 5.32 Å². The molecular weight excluding hydrogens is 293 g/mol. The number of nitrogens with one attached hydrogen (secondary N) is 1. The number of benzene rings is 2. The van der Waals surface area contributed by atoms with Gasteiger partial charge in [-0.05, 0) is 29.8 Å². The molecule has 3 nitrogen and oxygen atoms in total. The van der Waals surface area contributed by atoms with E-state index < -0.39 is 0 Å². The molecule has 5 heteroatoms. The van der Waals surface area contributed by atoms with Crippen molar-refractivity contribution < 1.29 is 13.9 Å². The lowest BCUT2D eigenvalue weighted by Crippen LogP contribution is -2.29. The van der Waals surface area contributed by atoms with E-state index >= 15 is 0 Å². The van der Waals surface area contributed by atoms with Crippen LogP contribution in [0, 0.1) is 5.82 Å². The predicted octanol–water partition coefficient (Wildman–Crippen LogP) is 3.22. The normalized spacial score (nSPS) is 10.2. The zero-order chi connectivity index (χ0) is 15.1. The number of ether oxygens (including phenoxy) is 1. The van der Waals surface area contributed by atoms with Gasteiger partial charge in [0.15, 0.2) is 0 Å². The molecule has 0 aromatic heterocycles. The molecule has 110 valence electrons. The highest BCUT2D eigenvalue weighted by Gasteiger charge is 2.06. The van der Waals surface area contributed by atoms with Gasteiger partial charge in [-0.2, -0.15) is 0 Å². The van der Waals surface area contributed by atoms with Gasteiger partial charge in [0, 0.05) is 5.02 Å². The minimum Gasteiger partial charge on any atom is -0.492 e. The quantitative estimate of drug-likeness (QED) is 0.832. The molecule has 1 N–H and O–H groups in total. The fourth-order valence-corrected chi connectivity index (χ4v) is 1.97. The highest BCUT2D eigenvalue weighted by molar-refractivity contribution is 6.30. The van der Waals surface area contributed by atoms with Gasteiger partial charge in [0.2, 0.25) is 5.91 Å². The van der Waals surface area contributed by atoms with Gasteiger partial charge in [-0.15, -0.1) is 0 Å². The van der Waals surface area contributed by atoms with Gasteiger partial charge in [-0.3, -0.25) is 4.79 Å². The highest BCUT2D eigenvalue weighted by atomic mass is 35.5. The van der Waals surface area contributed by atoms with Crippen LogP contribution in [0.1, 0.15) is 5.56 Å². The Morgan fingerprint density at radius 1 is 1.19 bits per heavy atom. The van der Waals surface area contributed by atoms with Crippen LogP contribution < -0.4 is 10.1 Å². The summed E-state index contributed by atoms with van der Waals surface area (Å²) in [5, 5.41) is 3.27. The van der Waals surface area contributed by atoms with Gasteiger partial charge in [-0.25, -0.2) is 4.39 Å². The average molecular weight is 308 g/mol. The number of halogens is 2. The van der Waals surface area contributed by atoms with E-state index in [0.717, 1.165) is 0 Å². The largest absolute Gasteiger partial charge is 0.492 e.